The van der Waals surface area contributed by atoms with Crippen LogP contribution in [0.15, 0.2) is 33.1 Å². The number of nitrogens with zero attached hydrogens (tertiary/aromatic N) is 2. The Morgan fingerprint density at radius 2 is 2.07 bits per heavy atom. The van der Waals surface area contributed by atoms with Gasteiger partial charge in [0.15, 0.2) is 0 Å². The number of halogens is 1. The molecule has 1 aliphatic heterocycles. The fourth-order valence-electron chi connectivity index (χ4n) is 1.29. The summed E-state index contributed by atoms with van der Waals surface area (Å²) in [5.74, 6) is -1.18. The Labute approximate surface area is 90.3 Å². The molecule has 0 spiro atoms. The van der Waals surface area contributed by atoms with Gasteiger partial charge in [0.2, 0.25) is 0 Å². The Kier molecular flexibility index (Phi) is 2.32. The monoisotopic (exact) mass is 244 g/mol. The molecule has 0 bridgehead atoms. The van der Waals surface area contributed by atoms with Crippen LogP contribution in [0.5, 0.6) is 0 Å². The van der Waals surface area contributed by atoms with Crippen LogP contribution in [0.1, 0.15) is 0 Å². The number of carbonyl (C=O) groups excluding carboxylic acids is 1. The molecule has 0 aromatic heterocycles. The molecule has 0 radical (unpaired) electrons. The highest BCUT2D eigenvalue weighted by atomic mass is 35.7. The molecule has 5 nitrogen and oxygen atoms in total. The summed E-state index contributed by atoms with van der Waals surface area (Å²) < 4.78 is 22.0. The summed E-state index contributed by atoms with van der Waals surface area (Å²) in [7, 11) is 1.34. The Hall–Kier alpha value is -1.27. The van der Waals surface area contributed by atoms with Crippen LogP contribution in [-0.2, 0) is 13.8 Å². The summed E-state index contributed by atoms with van der Waals surface area (Å²) >= 11 is 0. The standard InChI is InChI=1S/C8H5ClN2O3S/c9-15(13,14)5-1-2-7-6(3-5)8(12)11-4-10-7/h1-4,6H. The zero-order chi connectivity index (χ0) is 11.1. The molecule has 2 rings (SSSR count). The molecule has 0 fully saturated rings. The molecule has 78 valence electrons. The number of aliphatic imine (C=N–C) groups is 2. The van der Waals surface area contributed by atoms with E-state index < -0.39 is 20.9 Å². The fraction of sp³-hybridized carbons (Fsp3) is 0.125. The van der Waals surface area contributed by atoms with E-state index in [0.717, 1.165) is 6.34 Å². The molecule has 1 aliphatic carbocycles. The van der Waals surface area contributed by atoms with Crippen LogP contribution in [-0.4, -0.2) is 26.4 Å². The predicted octanol–water partition coefficient (Wildman–Crippen LogP) is 0.634. The molecule has 0 aromatic carbocycles. The van der Waals surface area contributed by atoms with Crippen LogP contribution in [0.25, 0.3) is 0 Å². The van der Waals surface area contributed by atoms with Crippen molar-refractivity contribution in [1.82, 2.24) is 0 Å². The number of hydrogen-bond donors (Lipinski definition) is 0. The van der Waals surface area contributed by atoms with Gasteiger partial charge in [-0.05, 0) is 18.2 Å². The van der Waals surface area contributed by atoms with Crippen LogP contribution >= 0.6 is 10.7 Å². The summed E-state index contributed by atoms with van der Waals surface area (Å²) in [6, 6.07) is 0. The van der Waals surface area contributed by atoms with Crippen molar-refractivity contribution in [2.45, 2.75) is 0 Å². The van der Waals surface area contributed by atoms with Crippen LogP contribution in [0, 0.1) is 5.92 Å². The molecule has 1 atom stereocenters. The van der Waals surface area contributed by atoms with Gasteiger partial charge < -0.3 is 0 Å². The average Bonchev–Trinajstić information content (AvgIpc) is 2.16. The number of allylic oxidation sites excluding steroid dienone is 2. The molecular weight excluding hydrogens is 240 g/mol. The first kappa shape index (κ1) is 10.3. The number of fused-ring (bicyclic) bond motifs is 1. The largest absolute Gasteiger partial charge is 0.271 e. The van der Waals surface area contributed by atoms with Gasteiger partial charge in [0.05, 0.1) is 10.6 Å². The highest BCUT2D eigenvalue weighted by Crippen LogP contribution is 2.23. The molecule has 0 aromatic rings. The van der Waals surface area contributed by atoms with Gasteiger partial charge in [-0.1, -0.05) is 0 Å². The van der Waals surface area contributed by atoms with E-state index in [1.165, 1.54) is 18.2 Å². The van der Waals surface area contributed by atoms with Gasteiger partial charge in [-0.25, -0.2) is 18.4 Å². The third-order valence-electron chi connectivity index (χ3n) is 2.01. The van der Waals surface area contributed by atoms with Crippen molar-refractivity contribution in [1.29, 1.82) is 0 Å². The maximum atomic E-state index is 11.3. The minimum Gasteiger partial charge on any atom is -0.271 e. The highest BCUT2D eigenvalue weighted by Gasteiger charge is 2.28. The van der Waals surface area contributed by atoms with Gasteiger partial charge in [-0.2, -0.15) is 0 Å². The second kappa shape index (κ2) is 3.39. The van der Waals surface area contributed by atoms with E-state index in [1.807, 2.05) is 0 Å². The summed E-state index contributed by atoms with van der Waals surface area (Å²) in [6.07, 6.45) is 5.15. The van der Waals surface area contributed by atoms with Crippen molar-refractivity contribution < 1.29 is 13.2 Å². The van der Waals surface area contributed by atoms with Crippen molar-refractivity contribution in [2.24, 2.45) is 15.9 Å². The lowest BCUT2D eigenvalue weighted by Crippen LogP contribution is -2.25. The van der Waals surface area contributed by atoms with E-state index in [-0.39, 0.29) is 4.91 Å². The predicted molar refractivity (Wildman–Crippen MR) is 56.4 cm³/mol. The molecular formula is C8H5ClN2O3S. The molecule has 1 heterocycles. The Balaban J connectivity index is 2.47. The first-order valence-electron chi connectivity index (χ1n) is 3.97. The molecule has 2 aliphatic rings. The second-order valence-corrected chi connectivity index (χ2v) is 5.52. The first-order chi connectivity index (χ1) is 6.98. The smallest absolute Gasteiger partial charge is 0.261 e. The summed E-state index contributed by atoms with van der Waals surface area (Å²) in [4.78, 5) is 18.5. The Morgan fingerprint density at radius 3 is 2.73 bits per heavy atom. The van der Waals surface area contributed by atoms with Crippen molar-refractivity contribution >= 4 is 37.7 Å². The SMILES string of the molecule is O=C1N=CN=C2C=CC(S(=O)(=O)Cl)=CC12. The molecule has 0 saturated carbocycles. The van der Waals surface area contributed by atoms with E-state index in [4.69, 9.17) is 10.7 Å². The van der Waals surface area contributed by atoms with Crippen LogP contribution in [0.2, 0.25) is 0 Å². The maximum Gasteiger partial charge on any atom is 0.261 e. The lowest BCUT2D eigenvalue weighted by Gasteiger charge is -2.16. The zero-order valence-corrected chi connectivity index (χ0v) is 8.86. The van der Waals surface area contributed by atoms with E-state index in [2.05, 4.69) is 9.98 Å². The molecule has 15 heavy (non-hydrogen) atoms. The number of rotatable bonds is 1. The van der Waals surface area contributed by atoms with Crippen molar-refractivity contribution in [2.75, 3.05) is 0 Å². The maximum absolute atomic E-state index is 11.3. The lowest BCUT2D eigenvalue weighted by molar-refractivity contribution is -0.118. The van der Waals surface area contributed by atoms with Gasteiger partial charge in [-0.15, -0.1) is 0 Å². The molecule has 0 N–H and O–H groups in total. The minimum absolute atomic E-state index is 0.0985. The van der Waals surface area contributed by atoms with Gasteiger partial charge in [0.25, 0.3) is 15.0 Å². The first-order valence-corrected chi connectivity index (χ1v) is 6.28. The lowest BCUT2D eigenvalue weighted by atomic mass is 9.97. The molecule has 7 heteroatoms. The van der Waals surface area contributed by atoms with Gasteiger partial charge in [-0.3, -0.25) is 4.79 Å². The fourth-order valence-corrected chi connectivity index (χ4v) is 2.13. The summed E-state index contributed by atoms with van der Waals surface area (Å²) in [5.41, 5.74) is 0.471. The molecule has 1 unspecified atom stereocenters. The number of amides is 1. The van der Waals surface area contributed by atoms with E-state index in [9.17, 15) is 13.2 Å². The third kappa shape index (κ3) is 1.91. The van der Waals surface area contributed by atoms with Gasteiger partial charge in [0, 0.05) is 10.7 Å². The quantitative estimate of drug-likeness (QED) is 0.635. The second-order valence-electron chi connectivity index (χ2n) is 2.95. The van der Waals surface area contributed by atoms with E-state index in [1.54, 1.807) is 0 Å². The minimum atomic E-state index is -3.81. The Bertz CT molecular complexity index is 542. The van der Waals surface area contributed by atoms with Crippen LogP contribution in [0.4, 0.5) is 0 Å². The normalized spacial score (nSPS) is 24.6. The van der Waals surface area contributed by atoms with Crippen molar-refractivity contribution in [3.8, 4) is 0 Å². The molecule has 1 amide bonds. The van der Waals surface area contributed by atoms with Crippen LogP contribution < -0.4 is 0 Å². The molecule has 0 saturated heterocycles. The average molecular weight is 245 g/mol. The zero-order valence-electron chi connectivity index (χ0n) is 7.29. The van der Waals surface area contributed by atoms with Gasteiger partial charge >= 0.3 is 0 Å². The van der Waals surface area contributed by atoms with E-state index in [0.29, 0.717) is 5.71 Å². The Morgan fingerprint density at radius 1 is 1.33 bits per heavy atom. The summed E-state index contributed by atoms with van der Waals surface area (Å²) in [6.45, 7) is 0. The van der Waals surface area contributed by atoms with Crippen LogP contribution in [0.3, 0.4) is 0 Å². The third-order valence-corrected chi connectivity index (χ3v) is 3.38. The van der Waals surface area contributed by atoms with Crippen molar-refractivity contribution in [3.63, 3.8) is 0 Å². The van der Waals surface area contributed by atoms with E-state index >= 15 is 0 Å². The summed E-state index contributed by atoms with van der Waals surface area (Å²) in [5, 5.41) is 0. The van der Waals surface area contributed by atoms with Crippen molar-refractivity contribution in [3.05, 3.63) is 23.1 Å². The topological polar surface area (TPSA) is 75.9 Å². The highest BCUT2D eigenvalue weighted by molar-refractivity contribution is 8.17. The van der Waals surface area contributed by atoms with Gasteiger partial charge in [0.1, 0.15) is 12.3 Å². The number of hydrogen-bond acceptors (Lipinski definition) is 4. The number of carbonyl (C=O) groups is 1.